The highest BCUT2D eigenvalue weighted by Gasteiger charge is 2.34. The van der Waals surface area contributed by atoms with E-state index in [1.807, 2.05) is 13.8 Å². The van der Waals surface area contributed by atoms with E-state index < -0.39 is 0 Å². The van der Waals surface area contributed by atoms with Crippen molar-refractivity contribution in [2.45, 2.75) is 36.6 Å². The quantitative estimate of drug-likeness (QED) is 0.638. The lowest BCUT2D eigenvalue weighted by atomic mass is 10.4. The van der Waals surface area contributed by atoms with Crippen LogP contribution in [0.1, 0.15) is 27.7 Å². The molecule has 0 radical (unpaired) electrons. The molecule has 1 fully saturated rings. The third kappa shape index (κ3) is 3.11. The molecule has 1 saturated heterocycles. The SMILES string of the molecule is CC1(C)NC(=O)SC(C)(C)SS1. The van der Waals surface area contributed by atoms with Gasteiger partial charge in [-0.15, -0.1) is 0 Å². The van der Waals surface area contributed by atoms with Gasteiger partial charge in [0.1, 0.15) is 0 Å². The predicted octanol–water partition coefficient (Wildman–Crippen LogP) is 3.30. The Kier molecular flexibility index (Phi) is 2.96. The van der Waals surface area contributed by atoms with Gasteiger partial charge in [0.05, 0.1) is 8.95 Å². The molecule has 0 aliphatic carbocycles. The molecule has 1 N–H and O–H groups in total. The topological polar surface area (TPSA) is 29.1 Å². The lowest BCUT2D eigenvalue weighted by Gasteiger charge is -2.22. The molecule has 1 aliphatic heterocycles. The van der Waals surface area contributed by atoms with Gasteiger partial charge in [0.15, 0.2) is 0 Å². The Bertz CT molecular complexity index is 183. The summed E-state index contributed by atoms with van der Waals surface area (Å²) in [6.07, 6.45) is 0. The molecule has 0 bridgehead atoms. The van der Waals surface area contributed by atoms with Crippen molar-refractivity contribution in [2.75, 3.05) is 0 Å². The minimum atomic E-state index is -0.150. The number of hydrogen-bond donors (Lipinski definition) is 1. The Morgan fingerprint density at radius 1 is 1.17 bits per heavy atom. The maximum absolute atomic E-state index is 11.3. The van der Waals surface area contributed by atoms with Crippen LogP contribution in [0.3, 0.4) is 0 Å². The van der Waals surface area contributed by atoms with Gasteiger partial charge in [-0.1, -0.05) is 21.6 Å². The molecule has 0 aromatic carbocycles. The fourth-order valence-corrected chi connectivity index (χ4v) is 4.43. The lowest BCUT2D eigenvalue weighted by molar-refractivity contribution is 0.257. The number of carbonyl (C=O) groups excluding carboxylic acids is 1. The van der Waals surface area contributed by atoms with E-state index in [1.54, 1.807) is 21.6 Å². The average molecular weight is 223 g/mol. The van der Waals surface area contributed by atoms with Gasteiger partial charge in [-0.3, -0.25) is 4.79 Å². The van der Waals surface area contributed by atoms with Gasteiger partial charge in [0.2, 0.25) is 0 Å². The van der Waals surface area contributed by atoms with E-state index in [4.69, 9.17) is 0 Å². The summed E-state index contributed by atoms with van der Waals surface area (Å²) in [6.45, 7) is 8.17. The third-order valence-corrected chi connectivity index (χ3v) is 6.54. The van der Waals surface area contributed by atoms with Crippen molar-refractivity contribution in [3.05, 3.63) is 0 Å². The maximum Gasteiger partial charge on any atom is 0.281 e. The number of amides is 1. The summed E-state index contributed by atoms with van der Waals surface area (Å²) < 4.78 is -0.0253. The third-order valence-electron chi connectivity index (χ3n) is 1.19. The van der Waals surface area contributed by atoms with Crippen LogP contribution < -0.4 is 5.32 Å². The summed E-state index contributed by atoms with van der Waals surface area (Å²) in [5, 5.41) is 3.01. The van der Waals surface area contributed by atoms with Crippen molar-refractivity contribution in [3.8, 4) is 0 Å². The van der Waals surface area contributed by atoms with E-state index in [9.17, 15) is 4.79 Å². The molecular weight excluding hydrogens is 210 g/mol. The van der Waals surface area contributed by atoms with Crippen LogP contribution in [0.25, 0.3) is 0 Å². The highest BCUT2D eigenvalue weighted by atomic mass is 33.1. The molecule has 1 rings (SSSR count). The summed E-state index contributed by atoms with van der Waals surface area (Å²) in [4.78, 5) is 11.2. The molecule has 70 valence electrons. The van der Waals surface area contributed by atoms with Gasteiger partial charge in [-0.05, 0) is 39.5 Å². The zero-order valence-corrected chi connectivity index (χ0v) is 10.1. The number of rotatable bonds is 0. The van der Waals surface area contributed by atoms with Crippen LogP contribution in [0.5, 0.6) is 0 Å². The second kappa shape index (κ2) is 3.35. The zero-order chi connectivity index (χ0) is 9.41. The summed E-state index contributed by atoms with van der Waals surface area (Å²) in [6, 6.07) is 0. The second-order valence-corrected chi connectivity index (χ2v) is 8.82. The fourth-order valence-electron chi connectivity index (χ4n) is 0.737. The van der Waals surface area contributed by atoms with Crippen molar-refractivity contribution < 1.29 is 4.79 Å². The first-order valence-corrected chi connectivity index (χ1v) is 6.65. The highest BCUT2D eigenvalue weighted by molar-refractivity contribution is 8.79. The van der Waals surface area contributed by atoms with Gasteiger partial charge < -0.3 is 5.32 Å². The molecule has 0 aromatic rings. The van der Waals surface area contributed by atoms with Crippen LogP contribution in [0.4, 0.5) is 4.79 Å². The van der Waals surface area contributed by atoms with E-state index in [0.29, 0.717) is 0 Å². The summed E-state index contributed by atoms with van der Waals surface area (Å²) in [5.74, 6) is 0. The molecule has 1 amide bonds. The number of nitrogens with one attached hydrogen (secondary N) is 1. The second-order valence-electron chi connectivity index (χ2n) is 3.59. The van der Waals surface area contributed by atoms with Gasteiger partial charge in [0.25, 0.3) is 5.24 Å². The van der Waals surface area contributed by atoms with Gasteiger partial charge in [-0.2, -0.15) is 0 Å². The van der Waals surface area contributed by atoms with Crippen LogP contribution in [-0.2, 0) is 0 Å². The number of thioether (sulfide) groups is 1. The van der Waals surface area contributed by atoms with Crippen molar-refractivity contribution >= 4 is 38.6 Å². The van der Waals surface area contributed by atoms with Crippen molar-refractivity contribution in [1.29, 1.82) is 0 Å². The summed E-state index contributed by atoms with van der Waals surface area (Å²) in [7, 11) is 3.46. The normalized spacial score (nSPS) is 27.5. The Hall–Kier alpha value is 0.520. The van der Waals surface area contributed by atoms with Crippen molar-refractivity contribution in [3.63, 3.8) is 0 Å². The van der Waals surface area contributed by atoms with E-state index in [2.05, 4.69) is 19.2 Å². The number of hydrogen-bond acceptors (Lipinski definition) is 4. The van der Waals surface area contributed by atoms with Crippen LogP contribution in [0.15, 0.2) is 0 Å². The van der Waals surface area contributed by atoms with Crippen molar-refractivity contribution in [2.24, 2.45) is 0 Å². The van der Waals surface area contributed by atoms with Crippen LogP contribution in [0, 0.1) is 0 Å². The molecule has 12 heavy (non-hydrogen) atoms. The summed E-state index contributed by atoms with van der Waals surface area (Å²) >= 11 is 1.36. The van der Waals surface area contributed by atoms with E-state index >= 15 is 0 Å². The van der Waals surface area contributed by atoms with Gasteiger partial charge >= 0.3 is 0 Å². The fraction of sp³-hybridized carbons (Fsp3) is 0.857. The molecule has 1 aliphatic rings. The Labute approximate surface area is 85.4 Å². The standard InChI is InChI=1S/C7H13NOS3/c1-6(2)8-5(9)10-7(3,4)12-11-6/h1-4H3,(H,8,9). The first-order chi connectivity index (χ1) is 5.31. The maximum atomic E-state index is 11.3. The van der Waals surface area contributed by atoms with Gasteiger partial charge in [-0.25, -0.2) is 0 Å². The minimum absolute atomic E-state index is 0.0253. The largest absolute Gasteiger partial charge is 0.332 e. The van der Waals surface area contributed by atoms with Crippen LogP contribution in [-0.4, -0.2) is 14.2 Å². The molecule has 0 unspecified atom stereocenters. The molecule has 0 aromatic heterocycles. The van der Waals surface area contributed by atoms with E-state index in [-0.39, 0.29) is 14.2 Å². The molecule has 1 heterocycles. The average Bonchev–Trinajstić information content (AvgIpc) is 1.87. The first-order valence-electron chi connectivity index (χ1n) is 3.69. The Morgan fingerprint density at radius 2 is 1.75 bits per heavy atom. The minimum Gasteiger partial charge on any atom is -0.332 e. The summed E-state index contributed by atoms with van der Waals surface area (Å²) in [5.41, 5.74) is 0. The molecular formula is C7H13NOS3. The monoisotopic (exact) mass is 223 g/mol. The molecule has 0 atom stereocenters. The van der Waals surface area contributed by atoms with Crippen molar-refractivity contribution in [1.82, 2.24) is 5.32 Å². The first kappa shape index (κ1) is 10.6. The smallest absolute Gasteiger partial charge is 0.281 e. The van der Waals surface area contributed by atoms with Crippen LogP contribution in [0.2, 0.25) is 0 Å². The van der Waals surface area contributed by atoms with Crippen LogP contribution >= 0.6 is 33.3 Å². The Morgan fingerprint density at radius 3 is 2.33 bits per heavy atom. The predicted molar refractivity (Wildman–Crippen MR) is 59.5 cm³/mol. The molecule has 5 heteroatoms. The lowest BCUT2D eigenvalue weighted by Crippen LogP contribution is -2.36. The molecule has 0 saturated carbocycles. The molecule has 2 nitrogen and oxygen atoms in total. The number of carbonyl (C=O) groups is 1. The molecule has 0 spiro atoms. The van der Waals surface area contributed by atoms with E-state index in [1.165, 1.54) is 11.8 Å². The highest BCUT2D eigenvalue weighted by Crippen LogP contribution is 2.50. The van der Waals surface area contributed by atoms with Gasteiger partial charge in [0, 0.05) is 0 Å². The van der Waals surface area contributed by atoms with E-state index in [0.717, 1.165) is 0 Å². The Balaban J connectivity index is 2.72. The zero-order valence-electron chi connectivity index (χ0n) is 7.63.